The van der Waals surface area contributed by atoms with Crippen LogP contribution in [0.4, 0.5) is 13.2 Å². The topological polar surface area (TPSA) is 52.6 Å². The molecule has 1 saturated carbocycles. The third-order valence-electron chi connectivity index (χ3n) is 3.60. The maximum Gasteiger partial charge on any atom is 0.415 e. The molecule has 1 aliphatic carbocycles. The van der Waals surface area contributed by atoms with Gasteiger partial charge in [-0.3, -0.25) is 0 Å². The van der Waals surface area contributed by atoms with Gasteiger partial charge in [-0.1, -0.05) is 0 Å². The fourth-order valence-corrected chi connectivity index (χ4v) is 2.97. The summed E-state index contributed by atoms with van der Waals surface area (Å²) in [6, 6.07) is -0.117. The van der Waals surface area contributed by atoms with Crippen LogP contribution in [0.2, 0.25) is 0 Å². The number of aliphatic hydroxyl groups excluding tert-OH is 1. The van der Waals surface area contributed by atoms with E-state index in [0.717, 1.165) is 25.9 Å². The van der Waals surface area contributed by atoms with Gasteiger partial charge in [0.2, 0.25) is 0 Å². The number of aliphatic hydroxyl groups is 1. The van der Waals surface area contributed by atoms with Crippen LogP contribution < -0.4 is 5.32 Å². The molecule has 1 saturated heterocycles. The van der Waals surface area contributed by atoms with Gasteiger partial charge in [-0.2, -0.15) is 13.2 Å². The quantitative estimate of drug-likeness (QED) is 0.623. The summed E-state index contributed by atoms with van der Waals surface area (Å²) < 4.78 is 48.5. The van der Waals surface area contributed by atoms with Gasteiger partial charge in [0.1, 0.15) is 0 Å². The molecule has 1 atom stereocenters. The third-order valence-corrected chi connectivity index (χ3v) is 4.30. The lowest BCUT2D eigenvalue weighted by Gasteiger charge is -2.56. The molecule has 2 fully saturated rings. The highest BCUT2D eigenvalue weighted by Gasteiger charge is 2.51. The average molecular weight is 272 g/mol. The minimum absolute atomic E-state index is 0.117. The summed E-state index contributed by atoms with van der Waals surface area (Å²) in [5, 5.41) is 12.1. The second-order valence-electron chi connectivity index (χ2n) is 4.93. The van der Waals surface area contributed by atoms with Crippen molar-refractivity contribution in [1.29, 1.82) is 0 Å². The lowest BCUT2D eigenvalue weighted by Crippen LogP contribution is -2.65. The van der Waals surface area contributed by atoms with E-state index in [-0.39, 0.29) is 11.5 Å². The maximum absolute atomic E-state index is 12.2. The predicted octanol–water partition coefficient (Wildman–Crippen LogP) is -0.176. The molecule has 1 spiro atoms. The number of halogens is 3. The van der Waals surface area contributed by atoms with Gasteiger partial charge >= 0.3 is 6.18 Å². The minimum atomic E-state index is -4.65. The molecule has 0 aromatic carbocycles. The molecule has 2 aliphatic rings. The van der Waals surface area contributed by atoms with Crippen LogP contribution in [0.1, 0.15) is 12.8 Å². The van der Waals surface area contributed by atoms with Crippen molar-refractivity contribution in [3.63, 3.8) is 0 Å². The van der Waals surface area contributed by atoms with Crippen molar-refractivity contribution in [2.24, 2.45) is 5.41 Å². The Kier molecular flexibility index (Phi) is 3.50. The molecule has 17 heavy (non-hydrogen) atoms. The zero-order valence-corrected chi connectivity index (χ0v) is 9.97. The molecule has 0 bridgehead atoms. The van der Waals surface area contributed by atoms with Gasteiger partial charge in [-0.25, -0.2) is 8.51 Å². The number of nitrogens with one attached hydrogen (secondary N) is 1. The zero-order valence-electron chi connectivity index (χ0n) is 9.07. The lowest BCUT2D eigenvalue weighted by molar-refractivity contribution is -0.207. The monoisotopic (exact) mass is 272 g/mol. The van der Waals surface area contributed by atoms with E-state index in [2.05, 4.69) is 5.32 Å². The van der Waals surface area contributed by atoms with E-state index in [1.807, 2.05) is 0 Å². The largest absolute Gasteiger partial charge is 0.415 e. The van der Waals surface area contributed by atoms with E-state index in [1.165, 1.54) is 4.31 Å². The van der Waals surface area contributed by atoms with Crippen molar-refractivity contribution in [3.8, 4) is 0 Å². The second kappa shape index (κ2) is 4.49. The average Bonchev–Trinajstić information content (AvgIpc) is 2.09. The lowest BCUT2D eigenvalue weighted by atomic mass is 9.61. The van der Waals surface area contributed by atoms with Crippen LogP contribution in [0.25, 0.3) is 0 Å². The molecule has 0 aromatic rings. The Morgan fingerprint density at radius 2 is 2.06 bits per heavy atom. The molecule has 0 radical (unpaired) electrons. The number of hydrogen-bond acceptors (Lipinski definition) is 3. The van der Waals surface area contributed by atoms with E-state index < -0.39 is 30.7 Å². The van der Waals surface area contributed by atoms with E-state index in [9.17, 15) is 17.4 Å². The van der Waals surface area contributed by atoms with E-state index in [4.69, 9.17) is 5.11 Å². The first-order chi connectivity index (χ1) is 7.86. The predicted molar refractivity (Wildman–Crippen MR) is 56.6 cm³/mol. The smallest absolute Gasteiger partial charge is 0.382 e. The molecule has 8 heteroatoms. The molecule has 2 N–H and O–H groups in total. The maximum atomic E-state index is 12.2. The van der Waals surface area contributed by atoms with Gasteiger partial charge in [0.25, 0.3) is 0 Å². The van der Waals surface area contributed by atoms with Gasteiger partial charge in [0, 0.05) is 25.7 Å². The summed E-state index contributed by atoms with van der Waals surface area (Å²) in [6.45, 7) is 1.15. The molecule has 1 heterocycles. The molecule has 4 nitrogen and oxygen atoms in total. The Hall–Kier alpha value is -0.180. The zero-order chi connectivity index (χ0) is 12.7. The van der Waals surface area contributed by atoms with Crippen LogP contribution in [-0.4, -0.2) is 51.6 Å². The highest BCUT2D eigenvalue weighted by molar-refractivity contribution is 7.63. The normalized spacial score (nSPS) is 25.7. The minimum Gasteiger partial charge on any atom is -0.382 e. The number of nitrogens with zero attached hydrogens (tertiary/aromatic N) is 1. The van der Waals surface area contributed by atoms with Gasteiger partial charge in [-0.05, 0) is 18.3 Å². The Morgan fingerprint density at radius 1 is 1.47 bits per heavy atom. The fraction of sp³-hybridized carbons (Fsp3) is 1.00. The van der Waals surface area contributed by atoms with Crippen molar-refractivity contribution >= 4 is 11.9 Å². The molecule has 100 valence electrons. The Balaban J connectivity index is 1.84. The molecule has 2 rings (SSSR count). The van der Waals surface area contributed by atoms with Crippen LogP contribution >= 0.6 is 0 Å². The van der Waals surface area contributed by atoms with Gasteiger partial charge < -0.3 is 10.4 Å². The number of rotatable bonds is 4. The summed E-state index contributed by atoms with van der Waals surface area (Å²) >= 11 is -0.450. The van der Waals surface area contributed by atoms with Crippen molar-refractivity contribution in [2.45, 2.75) is 31.2 Å². The summed E-state index contributed by atoms with van der Waals surface area (Å²) in [4.78, 5) is 0. The van der Waals surface area contributed by atoms with Crippen LogP contribution in [0, 0.1) is 5.41 Å². The second-order valence-corrected chi connectivity index (χ2v) is 5.60. The Morgan fingerprint density at radius 3 is 2.41 bits per heavy atom. The summed E-state index contributed by atoms with van der Waals surface area (Å²) in [5.74, 6) is 0. The van der Waals surface area contributed by atoms with Crippen molar-refractivity contribution < 1.29 is 22.5 Å². The van der Waals surface area contributed by atoms with Gasteiger partial charge in [0.15, 0.2) is 6.10 Å². The Bertz CT molecular complexity index is 301. The van der Waals surface area contributed by atoms with Crippen molar-refractivity contribution in [1.82, 2.24) is 9.62 Å². The summed E-state index contributed by atoms with van der Waals surface area (Å²) in [6.07, 6.45) is -5.58. The number of hydrogen-bond donors (Lipinski definition) is 3. The van der Waals surface area contributed by atoms with Gasteiger partial charge in [-0.15, -0.1) is 0 Å². The molecule has 0 aromatic heterocycles. The van der Waals surface area contributed by atoms with Crippen LogP contribution in [0.5, 0.6) is 0 Å². The third kappa shape index (κ3) is 2.64. The first-order valence-electron chi connectivity index (χ1n) is 5.42. The molecule has 1 aliphatic heterocycles. The first-order valence-corrected chi connectivity index (χ1v) is 6.18. The van der Waals surface area contributed by atoms with Crippen molar-refractivity contribution in [2.75, 3.05) is 19.6 Å². The summed E-state index contributed by atoms with van der Waals surface area (Å²) in [7, 11) is 0. The molecular weight excluding hydrogens is 257 g/mol. The highest BCUT2D eigenvalue weighted by atomic mass is 32.2. The highest BCUT2D eigenvalue weighted by Crippen LogP contribution is 2.46. The van der Waals surface area contributed by atoms with E-state index >= 15 is 0 Å². The number of alkyl halides is 3. The van der Waals surface area contributed by atoms with Crippen LogP contribution in [0.3, 0.4) is 0 Å². The first kappa shape index (κ1) is 13.3. The summed E-state index contributed by atoms with van der Waals surface area (Å²) in [5.41, 5.74) is 0.205. The van der Waals surface area contributed by atoms with Crippen LogP contribution in [-0.2, 0) is 11.9 Å². The number of thiol groups is 1. The molecular formula is C9H15F3N2O2S. The standard InChI is InChI=1S/C9H15F3N2O2S/c10-9(11,12)7(15)3-14(17-16)6-1-8(2-6)4-13-5-8/h6-7,13,15,17H,1-5H2. The van der Waals surface area contributed by atoms with E-state index in [0.29, 0.717) is 0 Å². The fourth-order valence-electron chi connectivity index (χ4n) is 2.45. The van der Waals surface area contributed by atoms with Gasteiger partial charge in [0.05, 0.1) is 11.9 Å². The Labute approximate surface area is 101 Å². The molecule has 0 amide bonds. The van der Waals surface area contributed by atoms with Crippen molar-refractivity contribution in [3.05, 3.63) is 0 Å². The SMILES string of the molecule is O=[SH]N(CC(O)C(F)(F)F)C1CC2(CNC2)C1. The van der Waals surface area contributed by atoms with E-state index in [1.54, 1.807) is 0 Å². The van der Waals surface area contributed by atoms with Crippen LogP contribution in [0.15, 0.2) is 0 Å². The molecule has 1 unspecified atom stereocenters.